The molecular weight excluding hydrogens is 258 g/mol. The normalized spacial score (nSPS) is 14.3. The van der Waals surface area contributed by atoms with E-state index in [-0.39, 0.29) is 17.6 Å². The molecule has 1 amide bonds. The summed E-state index contributed by atoms with van der Waals surface area (Å²) in [6.45, 7) is 0. The molecule has 106 valence electrons. The zero-order chi connectivity index (χ0) is 14.7. The van der Waals surface area contributed by atoms with Crippen LogP contribution in [-0.2, 0) is 0 Å². The maximum Gasteiger partial charge on any atom is 0.292 e. The summed E-state index contributed by atoms with van der Waals surface area (Å²) >= 11 is 0. The molecule has 1 aromatic carbocycles. The minimum absolute atomic E-state index is 0.00722. The maximum absolute atomic E-state index is 11.9. The smallest absolute Gasteiger partial charge is 0.292 e. The molecule has 0 saturated heterocycles. The second-order valence-electron chi connectivity index (χ2n) is 4.97. The number of benzene rings is 1. The highest BCUT2D eigenvalue weighted by molar-refractivity contribution is 5.95. The molecule has 2 rings (SSSR count). The predicted octanol–water partition coefficient (Wildman–Crippen LogP) is 2.43. The first-order valence-electron chi connectivity index (χ1n) is 6.40. The van der Waals surface area contributed by atoms with Crippen molar-refractivity contribution in [3.05, 3.63) is 46.0 Å². The van der Waals surface area contributed by atoms with Crippen molar-refractivity contribution in [1.29, 1.82) is 0 Å². The zero-order valence-corrected chi connectivity index (χ0v) is 11.5. The first kappa shape index (κ1) is 14.0. The standard InChI is InChI=1S/C14H17N3O3/c1-16(2)14(18)10-7-8-13(17(19)20)12(9-10)15-11-5-3-4-6-11/h3-4,7-9,11,15H,5-6H2,1-2H3. The monoisotopic (exact) mass is 275 g/mol. The number of amides is 1. The Morgan fingerprint density at radius 2 is 2.00 bits per heavy atom. The van der Waals surface area contributed by atoms with Crippen molar-refractivity contribution in [1.82, 2.24) is 4.90 Å². The van der Waals surface area contributed by atoms with Crippen molar-refractivity contribution < 1.29 is 9.72 Å². The first-order valence-corrected chi connectivity index (χ1v) is 6.40. The van der Waals surface area contributed by atoms with Crippen molar-refractivity contribution in [2.24, 2.45) is 0 Å². The second kappa shape index (κ2) is 5.73. The first-order chi connectivity index (χ1) is 9.49. The number of carbonyl (C=O) groups excluding carboxylic acids is 1. The summed E-state index contributed by atoms with van der Waals surface area (Å²) in [5, 5.41) is 14.2. The Bertz CT molecular complexity index is 559. The summed E-state index contributed by atoms with van der Waals surface area (Å²) < 4.78 is 0. The van der Waals surface area contributed by atoms with Crippen LogP contribution in [0.25, 0.3) is 0 Å². The van der Waals surface area contributed by atoms with Crippen molar-refractivity contribution in [2.45, 2.75) is 18.9 Å². The van der Waals surface area contributed by atoms with Crippen LogP contribution < -0.4 is 5.32 Å². The number of nitrogens with one attached hydrogen (secondary N) is 1. The number of nitro groups is 1. The lowest BCUT2D eigenvalue weighted by Gasteiger charge is -2.16. The van der Waals surface area contributed by atoms with Gasteiger partial charge in [0, 0.05) is 31.8 Å². The Balaban J connectivity index is 2.31. The van der Waals surface area contributed by atoms with Gasteiger partial charge >= 0.3 is 0 Å². The Morgan fingerprint density at radius 1 is 1.35 bits per heavy atom. The lowest BCUT2D eigenvalue weighted by Crippen LogP contribution is -2.22. The maximum atomic E-state index is 11.9. The predicted molar refractivity (Wildman–Crippen MR) is 76.9 cm³/mol. The molecule has 1 aromatic rings. The van der Waals surface area contributed by atoms with Gasteiger partial charge in [0.05, 0.1) is 4.92 Å². The number of rotatable bonds is 4. The summed E-state index contributed by atoms with van der Waals surface area (Å²) in [5.74, 6) is -0.174. The molecule has 6 heteroatoms. The average Bonchev–Trinajstić information content (AvgIpc) is 2.90. The van der Waals surface area contributed by atoms with E-state index in [1.807, 2.05) is 12.2 Å². The van der Waals surface area contributed by atoms with E-state index in [4.69, 9.17) is 0 Å². The highest BCUT2D eigenvalue weighted by Crippen LogP contribution is 2.28. The van der Waals surface area contributed by atoms with Gasteiger partial charge in [-0.15, -0.1) is 0 Å². The van der Waals surface area contributed by atoms with E-state index in [9.17, 15) is 14.9 Å². The van der Waals surface area contributed by atoms with Crippen LogP contribution in [0.3, 0.4) is 0 Å². The van der Waals surface area contributed by atoms with Crippen LogP contribution in [0.5, 0.6) is 0 Å². The zero-order valence-electron chi connectivity index (χ0n) is 11.5. The van der Waals surface area contributed by atoms with E-state index in [0.717, 1.165) is 12.8 Å². The van der Waals surface area contributed by atoms with Crippen molar-refractivity contribution in [3.8, 4) is 0 Å². The van der Waals surface area contributed by atoms with Crippen LogP contribution in [-0.4, -0.2) is 35.9 Å². The van der Waals surface area contributed by atoms with E-state index < -0.39 is 4.92 Å². The molecule has 0 heterocycles. The number of nitro benzene ring substituents is 1. The summed E-state index contributed by atoms with van der Waals surface area (Å²) in [7, 11) is 3.30. The minimum atomic E-state index is -0.436. The molecule has 1 N–H and O–H groups in total. The quantitative estimate of drug-likeness (QED) is 0.520. The molecular formula is C14H17N3O3. The van der Waals surface area contributed by atoms with Crippen LogP contribution in [0.15, 0.2) is 30.4 Å². The number of anilines is 1. The van der Waals surface area contributed by atoms with Gasteiger partial charge in [-0.1, -0.05) is 12.2 Å². The topological polar surface area (TPSA) is 75.5 Å². The highest BCUT2D eigenvalue weighted by Gasteiger charge is 2.20. The molecule has 6 nitrogen and oxygen atoms in total. The number of hydrogen-bond donors (Lipinski definition) is 1. The number of carbonyl (C=O) groups is 1. The molecule has 1 aliphatic carbocycles. The lowest BCUT2D eigenvalue weighted by atomic mass is 10.1. The lowest BCUT2D eigenvalue weighted by molar-refractivity contribution is -0.384. The highest BCUT2D eigenvalue weighted by atomic mass is 16.6. The third-order valence-corrected chi connectivity index (χ3v) is 3.21. The third kappa shape index (κ3) is 2.96. The van der Waals surface area contributed by atoms with Gasteiger partial charge in [-0.2, -0.15) is 0 Å². The Morgan fingerprint density at radius 3 is 2.55 bits per heavy atom. The molecule has 1 aliphatic rings. The van der Waals surface area contributed by atoms with Crippen LogP contribution in [0, 0.1) is 10.1 Å². The fourth-order valence-electron chi connectivity index (χ4n) is 2.16. The van der Waals surface area contributed by atoms with Crippen LogP contribution in [0.2, 0.25) is 0 Å². The molecule has 0 bridgehead atoms. The van der Waals surface area contributed by atoms with E-state index >= 15 is 0 Å². The summed E-state index contributed by atoms with van der Waals surface area (Å²) in [4.78, 5) is 24.0. The Hall–Kier alpha value is -2.37. The molecule has 0 atom stereocenters. The third-order valence-electron chi connectivity index (χ3n) is 3.21. The van der Waals surface area contributed by atoms with Gasteiger partial charge in [0.2, 0.25) is 0 Å². The molecule has 0 aromatic heterocycles. The summed E-state index contributed by atoms with van der Waals surface area (Å²) in [5.41, 5.74) is 0.831. The van der Waals surface area contributed by atoms with Crippen LogP contribution in [0.4, 0.5) is 11.4 Å². The van der Waals surface area contributed by atoms with Gasteiger partial charge in [0.25, 0.3) is 11.6 Å². The Labute approximate surface area is 117 Å². The molecule has 0 spiro atoms. The molecule has 0 fully saturated rings. The van der Waals surface area contributed by atoms with Crippen LogP contribution in [0.1, 0.15) is 23.2 Å². The van der Waals surface area contributed by atoms with Gasteiger partial charge in [0.1, 0.15) is 5.69 Å². The summed E-state index contributed by atoms with van der Waals surface area (Å²) in [6, 6.07) is 4.57. The largest absolute Gasteiger partial charge is 0.376 e. The fraction of sp³-hybridized carbons (Fsp3) is 0.357. The van der Waals surface area contributed by atoms with E-state index in [1.165, 1.54) is 17.0 Å². The molecule has 0 unspecified atom stereocenters. The van der Waals surface area contributed by atoms with Crippen molar-refractivity contribution in [2.75, 3.05) is 19.4 Å². The molecule has 20 heavy (non-hydrogen) atoms. The fourth-order valence-corrected chi connectivity index (χ4v) is 2.16. The van der Waals surface area contributed by atoms with Gasteiger partial charge in [-0.05, 0) is 25.0 Å². The van der Waals surface area contributed by atoms with Crippen molar-refractivity contribution >= 4 is 17.3 Å². The Kier molecular flexibility index (Phi) is 4.02. The molecule has 0 saturated carbocycles. The van der Waals surface area contributed by atoms with Gasteiger partial charge in [-0.25, -0.2) is 0 Å². The van der Waals surface area contributed by atoms with E-state index in [0.29, 0.717) is 11.3 Å². The van der Waals surface area contributed by atoms with Gasteiger partial charge < -0.3 is 10.2 Å². The number of hydrogen-bond acceptors (Lipinski definition) is 4. The van der Waals surface area contributed by atoms with Crippen molar-refractivity contribution in [3.63, 3.8) is 0 Å². The van der Waals surface area contributed by atoms with Crippen LogP contribution >= 0.6 is 0 Å². The van der Waals surface area contributed by atoms with Gasteiger partial charge in [0.15, 0.2) is 0 Å². The minimum Gasteiger partial charge on any atom is -0.376 e. The number of nitrogens with zero attached hydrogens (tertiary/aromatic N) is 2. The van der Waals surface area contributed by atoms with E-state index in [2.05, 4.69) is 5.32 Å². The molecule has 0 aliphatic heterocycles. The SMILES string of the molecule is CN(C)C(=O)c1ccc([N+](=O)[O-])c(NC2CC=CC2)c1. The average molecular weight is 275 g/mol. The van der Waals surface area contributed by atoms with Gasteiger partial charge in [-0.3, -0.25) is 14.9 Å². The summed E-state index contributed by atoms with van der Waals surface area (Å²) in [6.07, 6.45) is 5.75. The second-order valence-corrected chi connectivity index (χ2v) is 4.97. The van der Waals surface area contributed by atoms with E-state index in [1.54, 1.807) is 20.2 Å². The molecule has 0 radical (unpaired) electrons.